The van der Waals surface area contributed by atoms with Crippen LogP contribution in [-0.4, -0.2) is 42.9 Å². The quantitative estimate of drug-likeness (QED) is 0.599. The Bertz CT molecular complexity index is 923. The molecule has 0 radical (unpaired) electrons. The van der Waals surface area contributed by atoms with Gasteiger partial charge in [0.2, 0.25) is 11.8 Å². The first-order chi connectivity index (χ1) is 14.6. The second-order valence-corrected chi connectivity index (χ2v) is 7.38. The van der Waals surface area contributed by atoms with Crippen LogP contribution in [0.2, 0.25) is 0 Å². The molecule has 2 aliphatic rings. The lowest BCUT2D eigenvalue weighted by atomic mass is 10.0. The van der Waals surface area contributed by atoms with E-state index in [9.17, 15) is 9.59 Å². The van der Waals surface area contributed by atoms with Crippen molar-refractivity contribution in [2.24, 2.45) is 0 Å². The van der Waals surface area contributed by atoms with Gasteiger partial charge in [0.25, 0.3) is 0 Å². The first-order valence-corrected chi connectivity index (χ1v) is 10.3. The van der Waals surface area contributed by atoms with Gasteiger partial charge >= 0.3 is 0 Å². The fourth-order valence-electron chi connectivity index (χ4n) is 3.55. The molecule has 0 spiro atoms. The van der Waals surface area contributed by atoms with Crippen molar-refractivity contribution in [3.63, 3.8) is 0 Å². The predicted molar refractivity (Wildman–Crippen MR) is 121 cm³/mol. The highest BCUT2D eigenvalue weighted by Gasteiger charge is 2.15. The van der Waals surface area contributed by atoms with Gasteiger partial charge in [0.05, 0.1) is 6.54 Å². The van der Waals surface area contributed by atoms with E-state index in [0.29, 0.717) is 18.8 Å². The van der Waals surface area contributed by atoms with E-state index in [-0.39, 0.29) is 18.4 Å². The molecule has 0 bridgehead atoms. The Hall–Kier alpha value is -3.18. The normalized spacial score (nSPS) is 20.0. The van der Waals surface area contributed by atoms with Crippen molar-refractivity contribution in [3.05, 3.63) is 89.7 Å². The largest absolute Gasteiger partial charge is 0.339 e. The van der Waals surface area contributed by atoms with Gasteiger partial charge in [-0.2, -0.15) is 0 Å². The average molecular weight is 404 g/mol. The van der Waals surface area contributed by atoms with E-state index in [2.05, 4.69) is 35.4 Å². The van der Waals surface area contributed by atoms with Crippen LogP contribution in [0, 0.1) is 0 Å². The SMILES string of the molecule is C=C1NC(=O)CNC/C1=C/C(=C\C)/C=C/C(=O)N1CCC=C(c2ccccc2)CC1. The molecular weight excluding hydrogens is 374 g/mol. The first-order valence-electron chi connectivity index (χ1n) is 10.3. The van der Waals surface area contributed by atoms with Gasteiger partial charge in [0.15, 0.2) is 0 Å². The van der Waals surface area contributed by atoms with Gasteiger partial charge in [-0.1, -0.05) is 49.1 Å². The van der Waals surface area contributed by atoms with Crippen LogP contribution in [0.4, 0.5) is 0 Å². The van der Waals surface area contributed by atoms with Gasteiger partial charge in [0.1, 0.15) is 0 Å². The summed E-state index contributed by atoms with van der Waals surface area (Å²) in [6, 6.07) is 10.3. The third kappa shape index (κ3) is 5.91. The first kappa shape index (κ1) is 21.5. The van der Waals surface area contributed by atoms with Gasteiger partial charge in [-0.25, -0.2) is 0 Å². The summed E-state index contributed by atoms with van der Waals surface area (Å²) in [5.41, 5.74) is 4.92. The van der Waals surface area contributed by atoms with Crippen LogP contribution < -0.4 is 10.6 Å². The van der Waals surface area contributed by atoms with E-state index >= 15 is 0 Å². The van der Waals surface area contributed by atoms with Gasteiger partial charge < -0.3 is 15.5 Å². The molecule has 0 atom stereocenters. The van der Waals surface area contributed by atoms with Gasteiger partial charge in [-0.15, -0.1) is 0 Å². The number of amides is 2. The number of rotatable bonds is 4. The van der Waals surface area contributed by atoms with Crippen LogP contribution in [-0.2, 0) is 9.59 Å². The van der Waals surface area contributed by atoms with Crippen molar-refractivity contribution in [2.75, 3.05) is 26.2 Å². The van der Waals surface area contributed by atoms with E-state index in [4.69, 9.17) is 0 Å². The summed E-state index contributed by atoms with van der Waals surface area (Å²) in [5.74, 6) is -0.0811. The molecule has 5 nitrogen and oxygen atoms in total. The average Bonchev–Trinajstić information content (AvgIpc) is 3.10. The molecule has 0 saturated carbocycles. The number of nitrogens with zero attached hydrogens (tertiary/aromatic N) is 1. The molecule has 2 N–H and O–H groups in total. The minimum Gasteiger partial charge on any atom is -0.339 e. The molecule has 0 aromatic heterocycles. The monoisotopic (exact) mass is 403 g/mol. The number of benzene rings is 1. The van der Waals surface area contributed by atoms with E-state index in [1.807, 2.05) is 48.3 Å². The Morgan fingerprint density at radius 2 is 1.93 bits per heavy atom. The lowest BCUT2D eigenvalue weighted by Crippen LogP contribution is -2.30. The highest BCUT2D eigenvalue weighted by molar-refractivity contribution is 5.88. The fourth-order valence-corrected chi connectivity index (χ4v) is 3.55. The topological polar surface area (TPSA) is 61.4 Å². The number of carbonyl (C=O) groups excluding carboxylic acids is 2. The van der Waals surface area contributed by atoms with Gasteiger partial charge in [0, 0.05) is 31.4 Å². The zero-order valence-corrected chi connectivity index (χ0v) is 17.5. The predicted octanol–water partition coefficient (Wildman–Crippen LogP) is 3.35. The molecule has 3 rings (SSSR count). The minimum absolute atomic E-state index is 0.0154. The van der Waals surface area contributed by atoms with Crippen LogP contribution in [0.3, 0.4) is 0 Å². The van der Waals surface area contributed by atoms with Crippen molar-refractivity contribution in [1.29, 1.82) is 0 Å². The van der Waals surface area contributed by atoms with E-state index < -0.39 is 0 Å². The van der Waals surface area contributed by atoms with Gasteiger partial charge in [-0.05, 0) is 54.2 Å². The maximum atomic E-state index is 12.8. The Morgan fingerprint density at radius 1 is 1.13 bits per heavy atom. The smallest absolute Gasteiger partial charge is 0.246 e. The number of allylic oxidation sites excluding steroid dienone is 4. The Kier molecular flexibility index (Phi) is 7.57. The van der Waals surface area contributed by atoms with Crippen molar-refractivity contribution in [1.82, 2.24) is 15.5 Å². The van der Waals surface area contributed by atoms with Crippen molar-refractivity contribution in [3.8, 4) is 0 Å². The number of carbonyl (C=O) groups is 2. The summed E-state index contributed by atoms with van der Waals surface area (Å²) < 4.78 is 0. The van der Waals surface area contributed by atoms with E-state index in [1.54, 1.807) is 6.08 Å². The highest BCUT2D eigenvalue weighted by Crippen LogP contribution is 2.22. The Labute approximate surface area is 178 Å². The number of hydrogen-bond donors (Lipinski definition) is 2. The molecular formula is C25H29N3O2. The Balaban J connectivity index is 1.61. The van der Waals surface area contributed by atoms with Crippen molar-refractivity contribution >= 4 is 17.4 Å². The maximum Gasteiger partial charge on any atom is 0.246 e. The second-order valence-electron chi connectivity index (χ2n) is 7.38. The molecule has 0 aliphatic carbocycles. The second kappa shape index (κ2) is 10.6. The highest BCUT2D eigenvalue weighted by atomic mass is 16.2. The molecule has 30 heavy (non-hydrogen) atoms. The van der Waals surface area contributed by atoms with Crippen LogP contribution in [0.1, 0.15) is 25.3 Å². The standard InChI is InChI=1S/C25H29N3O2/c1-3-20(16-23-17-26-18-24(29)27-19(23)2)11-12-25(30)28-14-7-10-22(13-15-28)21-8-5-4-6-9-21/h3-6,8-12,16,26H,2,7,13-15,17-18H2,1H3,(H,27,29)/b12-11+,20-3-,23-16-. The molecule has 2 amide bonds. The van der Waals surface area contributed by atoms with E-state index in [1.165, 1.54) is 11.1 Å². The lowest BCUT2D eigenvalue weighted by Gasteiger charge is -2.18. The summed E-state index contributed by atoms with van der Waals surface area (Å²) in [6.45, 7) is 8.11. The van der Waals surface area contributed by atoms with E-state index in [0.717, 1.165) is 30.5 Å². The summed E-state index contributed by atoms with van der Waals surface area (Å²) in [6.07, 6.45) is 11.3. The fraction of sp³-hybridized carbons (Fsp3) is 0.280. The molecule has 1 saturated heterocycles. The molecule has 2 heterocycles. The van der Waals surface area contributed by atoms with Crippen LogP contribution in [0.15, 0.2) is 84.1 Å². The van der Waals surface area contributed by atoms with Crippen molar-refractivity contribution < 1.29 is 9.59 Å². The van der Waals surface area contributed by atoms with Crippen LogP contribution in [0.25, 0.3) is 5.57 Å². The molecule has 2 aliphatic heterocycles. The van der Waals surface area contributed by atoms with Crippen molar-refractivity contribution in [2.45, 2.75) is 19.8 Å². The molecule has 1 aromatic rings. The summed E-state index contributed by atoms with van der Waals surface area (Å²) in [4.78, 5) is 26.2. The summed E-state index contributed by atoms with van der Waals surface area (Å²) in [5, 5.41) is 5.84. The lowest BCUT2D eigenvalue weighted by molar-refractivity contribution is -0.126. The number of hydrogen-bond acceptors (Lipinski definition) is 3. The maximum absolute atomic E-state index is 12.8. The zero-order valence-electron chi connectivity index (χ0n) is 17.5. The molecule has 156 valence electrons. The third-order valence-electron chi connectivity index (χ3n) is 5.27. The van der Waals surface area contributed by atoms with Crippen LogP contribution >= 0.6 is 0 Å². The third-order valence-corrected chi connectivity index (χ3v) is 5.27. The molecule has 0 unspecified atom stereocenters. The molecule has 1 aromatic carbocycles. The van der Waals surface area contributed by atoms with Gasteiger partial charge in [-0.3, -0.25) is 9.59 Å². The number of nitrogens with one attached hydrogen (secondary N) is 2. The minimum atomic E-state index is -0.0965. The zero-order chi connectivity index (χ0) is 21.3. The molecule has 5 heteroatoms. The summed E-state index contributed by atoms with van der Waals surface area (Å²) in [7, 11) is 0. The van der Waals surface area contributed by atoms with Crippen LogP contribution in [0.5, 0.6) is 0 Å². The Morgan fingerprint density at radius 3 is 2.70 bits per heavy atom. The summed E-state index contributed by atoms with van der Waals surface area (Å²) >= 11 is 0. The molecule has 1 fully saturated rings.